The highest BCUT2D eigenvalue weighted by Crippen LogP contribution is 2.37. The van der Waals surface area contributed by atoms with Gasteiger partial charge in [-0.1, -0.05) is 25.1 Å². The zero-order valence-corrected chi connectivity index (χ0v) is 17.4. The van der Waals surface area contributed by atoms with Crippen LogP contribution in [-0.4, -0.2) is 56.0 Å². The Morgan fingerprint density at radius 3 is 2.57 bits per heavy atom. The lowest BCUT2D eigenvalue weighted by Crippen LogP contribution is -2.38. The van der Waals surface area contributed by atoms with E-state index in [9.17, 15) is 9.59 Å². The number of para-hydroxylation sites is 1. The summed E-state index contributed by atoms with van der Waals surface area (Å²) in [6.45, 7) is 9.19. The van der Waals surface area contributed by atoms with Crippen LogP contribution in [0.3, 0.4) is 0 Å². The van der Waals surface area contributed by atoms with Crippen molar-refractivity contribution in [3.63, 3.8) is 0 Å². The Morgan fingerprint density at radius 2 is 1.86 bits per heavy atom. The van der Waals surface area contributed by atoms with Gasteiger partial charge in [-0.05, 0) is 63.9 Å². The molecule has 5 heteroatoms. The van der Waals surface area contributed by atoms with Gasteiger partial charge in [-0.15, -0.1) is 0 Å². The molecule has 1 unspecified atom stereocenters. The van der Waals surface area contributed by atoms with E-state index in [4.69, 9.17) is 4.74 Å². The maximum atomic E-state index is 12.5. The molecule has 2 aliphatic heterocycles. The minimum Gasteiger partial charge on any atom is -0.466 e. The van der Waals surface area contributed by atoms with Crippen molar-refractivity contribution in [2.75, 3.05) is 44.2 Å². The molecule has 1 atom stereocenters. The predicted molar refractivity (Wildman–Crippen MR) is 112 cm³/mol. The second kappa shape index (κ2) is 10.1. The minimum absolute atomic E-state index is 0.0291. The Kier molecular flexibility index (Phi) is 7.49. The fraction of sp³-hybridized carbons (Fsp3) is 0.652. The van der Waals surface area contributed by atoms with Crippen molar-refractivity contribution in [3.8, 4) is 0 Å². The van der Waals surface area contributed by atoms with E-state index in [2.05, 4.69) is 34.9 Å². The number of esters is 1. The summed E-state index contributed by atoms with van der Waals surface area (Å²) >= 11 is 0. The third-order valence-corrected chi connectivity index (χ3v) is 6.05. The number of benzene rings is 1. The third kappa shape index (κ3) is 4.93. The van der Waals surface area contributed by atoms with Gasteiger partial charge in [0.2, 0.25) is 0 Å². The Hall–Kier alpha value is -1.88. The quantitative estimate of drug-likeness (QED) is 0.607. The average Bonchev–Trinajstić information content (AvgIpc) is 3.08. The van der Waals surface area contributed by atoms with Crippen LogP contribution in [0.25, 0.3) is 0 Å². The standard InChI is InChI=1S/C23H34N2O3/c1-3-8-22(26)20-17-25(21-10-6-5-9-19(20)21)14-7-13-24-15-11-18(12-16-24)23(27)28-4-2/h5-6,9-10,18,20H,3-4,7-8,11-17H2,1-2H3. The number of nitrogens with zero attached hydrogens (tertiary/aromatic N) is 2. The van der Waals surface area contributed by atoms with Crippen molar-refractivity contribution in [2.24, 2.45) is 5.92 Å². The smallest absolute Gasteiger partial charge is 0.309 e. The zero-order valence-electron chi connectivity index (χ0n) is 17.4. The van der Waals surface area contributed by atoms with E-state index in [0.717, 1.165) is 58.4 Å². The van der Waals surface area contributed by atoms with Gasteiger partial charge in [0.25, 0.3) is 0 Å². The van der Waals surface area contributed by atoms with Crippen LogP contribution in [0.15, 0.2) is 24.3 Å². The van der Waals surface area contributed by atoms with Crippen molar-refractivity contribution < 1.29 is 14.3 Å². The van der Waals surface area contributed by atoms with E-state index in [1.165, 1.54) is 11.3 Å². The number of anilines is 1. The molecule has 0 aliphatic carbocycles. The fourth-order valence-corrected chi connectivity index (χ4v) is 4.53. The van der Waals surface area contributed by atoms with E-state index >= 15 is 0 Å². The van der Waals surface area contributed by atoms with Gasteiger partial charge in [0.15, 0.2) is 0 Å². The highest BCUT2D eigenvalue weighted by Gasteiger charge is 2.32. The number of piperidine rings is 1. The molecule has 154 valence electrons. The molecule has 1 aromatic rings. The van der Waals surface area contributed by atoms with Crippen molar-refractivity contribution in [1.29, 1.82) is 0 Å². The van der Waals surface area contributed by atoms with Crippen LogP contribution in [0, 0.1) is 5.92 Å². The number of Topliss-reactive ketones (excluding diaryl/α,β-unsaturated/α-hetero) is 1. The number of likely N-dealkylation sites (tertiary alicyclic amines) is 1. The number of carbonyl (C=O) groups excluding carboxylic acids is 2. The highest BCUT2D eigenvalue weighted by atomic mass is 16.5. The van der Waals surface area contributed by atoms with Crippen LogP contribution >= 0.6 is 0 Å². The van der Waals surface area contributed by atoms with Crippen LogP contribution in [0.1, 0.15) is 57.4 Å². The largest absolute Gasteiger partial charge is 0.466 e. The summed E-state index contributed by atoms with van der Waals surface area (Å²) in [6.07, 6.45) is 4.46. The first-order valence-corrected chi connectivity index (χ1v) is 10.9. The normalized spacial score (nSPS) is 20.2. The van der Waals surface area contributed by atoms with E-state index in [-0.39, 0.29) is 17.8 Å². The van der Waals surface area contributed by atoms with Gasteiger partial charge in [0.1, 0.15) is 5.78 Å². The first-order chi connectivity index (χ1) is 13.6. The number of hydrogen-bond acceptors (Lipinski definition) is 5. The Bertz CT molecular complexity index is 668. The number of rotatable bonds is 9. The van der Waals surface area contributed by atoms with Gasteiger partial charge >= 0.3 is 5.97 Å². The van der Waals surface area contributed by atoms with E-state index in [1.54, 1.807) is 0 Å². The molecule has 1 saturated heterocycles. The van der Waals surface area contributed by atoms with Crippen LogP contribution in [0.2, 0.25) is 0 Å². The maximum absolute atomic E-state index is 12.5. The number of ketones is 1. The van der Waals surface area contributed by atoms with E-state index < -0.39 is 0 Å². The lowest BCUT2D eigenvalue weighted by Gasteiger charge is -2.31. The molecule has 0 amide bonds. The van der Waals surface area contributed by atoms with Gasteiger partial charge < -0.3 is 14.5 Å². The molecule has 2 aliphatic rings. The number of ether oxygens (including phenoxy) is 1. The Morgan fingerprint density at radius 1 is 1.11 bits per heavy atom. The molecule has 0 N–H and O–H groups in total. The highest BCUT2D eigenvalue weighted by molar-refractivity contribution is 5.90. The summed E-state index contributed by atoms with van der Waals surface area (Å²) in [7, 11) is 0. The Labute approximate surface area is 169 Å². The zero-order chi connectivity index (χ0) is 19.9. The van der Waals surface area contributed by atoms with E-state index in [0.29, 0.717) is 18.8 Å². The second-order valence-electron chi connectivity index (χ2n) is 8.00. The summed E-state index contributed by atoms with van der Waals surface area (Å²) in [4.78, 5) is 29.2. The molecule has 0 bridgehead atoms. The minimum atomic E-state index is -0.0291. The SMILES string of the molecule is CCCC(=O)C1CN(CCCN2CCC(C(=O)OCC)CC2)c2ccccc21. The summed E-state index contributed by atoms with van der Waals surface area (Å²) in [5, 5.41) is 0. The fourth-order valence-electron chi connectivity index (χ4n) is 4.53. The summed E-state index contributed by atoms with van der Waals surface area (Å²) in [5.74, 6) is 0.459. The summed E-state index contributed by atoms with van der Waals surface area (Å²) < 4.78 is 5.15. The van der Waals surface area contributed by atoms with Crippen LogP contribution in [0.4, 0.5) is 5.69 Å². The van der Waals surface area contributed by atoms with Gasteiger partial charge in [0, 0.05) is 25.2 Å². The molecule has 28 heavy (non-hydrogen) atoms. The van der Waals surface area contributed by atoms with Crippen LogP contribution in [-0.2, 0) is 14.3 Å². The lowest BCUT2D eigenvalue weighted by molar-refractivity contribution is -0.149. The molecular weight excluding hydrogens is 352 g/mol. The number of carbonyl (C=O) groups is 2. The molecule has 0 spiro atoms. The topological polar surface area (TPSA) is 49.9 Å². The van der Waals surface area contributed by atoms with Gasteiger partial charge in [-0.25, -0.2) is 0 Å². The number of hydrogen-bond donors (Lipinski definition) is 0. The van der Waals surface area contributed by atoms with Gasteiger partial charge in [-0.2, -0.15) is 0 Å². The predicted octanol–water partition coefficient (Wildman–Crippen LogP) is 3.62. The average molecular weight is 387 g/mol. The molecule has 1 aromatic carbocycles. The van der Waals surface area contributed by atoms with Gasteiger partial charge in [-0.3, -0.25) is 9.59 Å². The first-order valence-electron chi connectivity index (χ1n) is 10.9. The monoisotopic (exact) mass is 386 g/mol. The molecule has 0 aromatic heterocycles. The third-order valence-electron chi connectivity index (χ3n) is 6.05. The Balaban J connectivity index is 1.47. The molecular formula is C23H34N2O3. The van der Waals surface area contributed by atoms with Crippen LogP contribution in [0.5, 0.6) is 0 Å². The van der Waals surface area contributed by atoms with E-state index in [1.807, 2.05) is 13.0 Å². The van der Waals surface area contributed by atoms with Crippen molar-refractivity contribution in [2.45, 2.75) is 51.9 Å². The second-order valence-corrected chi connectivity index (χ2v) is 8.00. The molecule has 5 nitrogen and oxygen atoms in total. The molecule has 0 radical (unpaired) electrons. The molecule has 3 rings (SSSR count). The van der Waals surface area contributed by atoms with Crippen LogP contribution < -0.4 is 4.90 Å². The maximum Gasteiger partial charge on any atom is 0.309 e. The first kappa shape index (κ1) is 20.8. The molecule has 1 fully saturated rings. The summed E-state index contributed by atoms with van der Waals surface area (Å²) in [5.41, 5.74) is 2.44. The molecule has 2 heterocycles. The molecule has 0 saturated carbocycles. The lowest BCUT2D eigenvalue weighted by atomic mass is 9.94. The summed E-state index contributed by atoms with van der Waals surface area (Å²) in [6, 6.07) is 8.38. The van der Waals surface area contributed by atoms with Gasteiger partial charge in [0.05, 0.1) is 18.4 Å². The van der Waals surface area contributed by atoms with Crippen molar-refractivity contribution >= 4 is 17.4 Å². The van der Waals surface area contributed by atoms with Crippen molar-refractivity contribution in [1.82, 2.24) is 4.90 Å². The van der Waals surface area contributed by atoms with Crippen molar-refractivity contribution in [3.05, 3.63) is 29.8 Å². The number of fused-ring (bicyclic) bond motifs is 1.